The van der Waals surface area contributed by atoms with Gasteiger partial charge in [-0.25, -0.2) is 9.18 Å². The average molecular weight is 336 g/mol. The van der Waals surface area contributed by atoms with Crippen LogP contribution < -0.4 is 0 Å². The Morgan fingerprint density at radius 3 is 2.50 bits per heavy atom. The minimum absolute atomic E-state index is 0.329. The van der Waals surface area contributed by atoms with E-state index in [9.17, 15) is 14.3 Å². The molecule has 1 amide bonds. The van der Waals surface area contributed by atoms with Gasteiger partial charge in [-0.15, -0.1) is 0 Å². The molecule has 1 aromatic heterocycles. The van der Waals surface area contributed by atoms with Crippen molar-refractivity contribution in [2.75, 3.05) is 0 Å². The van der Waals surface area contributed by atoms with E-state index in [2.05, 4.69) is 4.98 Å². The van der Waals surface area contributed by atoms with Crippen molar-refractivity contribution in [3.63, 3.8) is 0 Å². The molecule has 132 valence electrons. The van der Waals surface area contributed by atoms with Crippen LogP contribution in [0.2, 0.25) is 0 Å². The highest BCUT2D eigenvalue weighted by Crippen LogP contribution is 2.58. The average Bonchev–Trinajstić information content (AvgIpc) is 2.94. The molecule has 6 heteroatoms. The molecule has 1 atom stereocenters. The van der Waals surface area contributed by atoms with Crippen LogP contribution in [0, 0.1) is 5.82 Å². The zero-order valence-electron chi connectivity index (χ0n) is 14.7. The van der Waals surface area contributed by atoms with E-state index in [0.717, 1.165) is 19.0 Å². The van der Waals surface area contributed by atoms with Crippen molar-refractivity contribution in [2.24, 2.45) is 0 Å². The molecule has 0 aliphatic carbocycles. The summed E-state index contributed by atoms with van der Waals surface area (Å²) >= 11 is 0. The van der Waals surface area contributed by atoms with E-state index >= 15 is 0 Å². The van der Waals surface area contributed by atoms with E-state index in [-0.39, 0.29) is 5.54 Å². The van der Waals surface area contributed by atoms with Crippen LogP contribution in [0.5, 0.6) is 0 Å². The normalized spacial score (nSPS) is 30.5. The second-order valence-electron chi connectivity index (χ2n) is 8.26. The van der Waals surface area contributed by atoms with Crippen LogP contribution in [0.4, 0.5) is 9.18 Å². The SMILES string of the molecule is CC(C)(C)OC(=O)N1C2(C)CCC1([C@@H](O)c1cncc(F)c1)CC2. The van der Waals surface area contributed by atoms with Crippen molar-refractivity contribution in [2.45, 2.75) is 76.2 Å². The highest BCUT2D eigenvalue weighted by atomic mass is 19.1. The highest BCUT2D eigenvalue weighted by molar-refractivity contribution is 5.72. The molecule has 0 spiro atoms. The third-order valence-corrected chi connectivity index (χ3v) is 5.30. The molecule has 2 fully saturated rings. The summed E-state index contributed by atoms with van der Waals surface area (Å²) in [4.78, 5) is 18.4. The molecule has 2 saturated heterocycles. The number of rotatable bonds is 2. The fraction of sp³-hybridized carbons (Fsp3) is 0.667. The first-order chi connectivity index (χ1) is 11.1. The lowest BCUT2D eigenvalue weighted by Gasteiger charge is -2.41. The topological polar surface area (TPSA) is 62.7 Å². The van der Waals surface area contributed by atoms with Gasteiger partial charge in [0.05, 0.1) is 11.7 Å². The van der Waals surface area contributed by atoms with Gasteiger partial charge in [-0.05, 0) is 59.4 Å². The Kier molecular flexibility index (Phi) is 3.86. The van der Waals surface area contributed by atoms with Crippen LogP contribution in [0.15, 0.2) is 18.5 Å². The summed E-state index contributed by atoms with van der Waals surface area (Å²) in [5.41, 5.74) is -1.30. The van der Waals surface area contributed by atoms with E-state index in [0.29, 0.717) is 18.4 Å². The number of carbonyl (C=O) groups excluding carboxylic acids is 1. The number of halogens is 1. The summed E-state index contributed by atoms with van der Waals surface area (Å²) in [6, 6.07) is 1.29. The lowest BCUT2D eigenvalue weighted by Crippen LogP contribution is -2.53. The molecular weight excluding hydrogens is 311 g/mol. The Balaban J connectivity index is 1.96. The quantitative estimate of drug-likeness (QED) is 0.897. The minimum Gasteiger partial charge on any atom is -0.444 e. The van der Waals surface area contributed by atoms with E-state index in [1.165, 1.54) is 12.3 Å². The summed E-state index contributed by atoms with van der Waals surface area (Å²) in [6.45, 7) is 7.50. The number of aliphatic hydroxyl groups is 1. The van der Waals surface area contributed by atoms with Gasteiger partial charge in [-0.2, -0.15) is 0 Å². The monoisotopic (exact) mass is 336 g/mol. The van der Waals surface area contributed by atoms with E-state index in [4.69, 9.17) is 4.74 Å². The highest BCUT2D eigenvalue weighted by Gasteiger charge is 2.64. The van der Waals surface area contributed by atoms with Gasteiger partial charge < -0.3 is 9.84 Å². The summed E-state index contributed by atoms with van der Waals surface area (Å²) in [7, 11) is 0. The first kappa shape index (κ1) is 17.1. The van der Waals surface area contributed by atoms with Crippen LogP contribution in [0.1, 0.15) is 65.0 Å². The standard InChI is InChI=1S/C18H25FN2O3/c1-16(2,3)24-15(23)21-17(4)5-7-18(21,8-6-17)14(22)12-9-13(19)11-20-10-12/h9-11,14,22H,5-8H2,1-4H3/t14-,17?,18?/m0/s1. The molecule has 3 heterocycles. The molecular formula is C18H25FN2O3. The maximum atomic E-state index is 13.5. The summed E-state index contributed by atoms with van der Waals surface area (Å²) < 4.78 is 19.1. The van der Waals surface area contributed by atoms with Crippen molar-refractivity contribution in [3.8, 4) is 0 Å². The lowest BCUT2D eigenvalue weighted by molar-refractivity contribution is -0.0365. The third kappa shape index (κ3) is 2.66. The van der Waals surface area contributed by atoms with Crippen molar-refractivity contribution in [3.05, 3.63) is 29.8 Å². The fourth-order valence-electron chi connectivity index (χ4n) is 4.20. The van der Waals surface area contributed by atoms with Crippen LogP contribution in [0.3, 0.4) is 0 Å². The molecule has 24 heavy (non-hydrogen) atoms. The Hall–Kier alpha value is -1.69. The molecule has 2 aliphatic heterocycles. The molecule has 2 aliphatic rings. The number of carbonyl (C=O) groups is 1. The Morgan fingerprint density at radius 1 is 1.33 bits per heavy atom. The number of nitrogens with zero attached hydrogens (tertiary/aromatic N) is 2. The van der Waals surface area contributed by atoms with Gasteiger partial charge in [0.25, 0.3) is 0 Å². The smallest absolute Gasteiger partial charge is 0.411 e. The minimum atomic E-state index is -0.988. The summed E-state index contributed by atoms with van der Waals surface area (Å²) in [5, 5.41) is 11.0. The van der Waals surface area contributed by atoms with E-state index in [1.807, 2.05) is 27.7 Å². The molecule has 0 unspecified atom stereocenters. The Morgan fingerprint density at radius 2 is 1.96 bits per heavy atom. The van der Waals surface area contributed by atoms with Gasteiger partial charge >= 0.3 is 6.09 Å². The van der Waals surface area contributed by atoms with Gasteiger partial charge in [-0.1, -0.05) is 0 Å². The lowest BCUT2D eigenvalue weighted by atomic mass is 9.78. The second kappa shape index (κ2) is 5.41. The zero-order chi connectivity index (χ0) is 17.8. The van der Waals surface area contributed by atoms with Crippen LogP contribution in [0.25, 0.3) is 0 Å². The van der Waals surface area contributed by atoms with Crippen molar-refractivity contribution in [1.82, 2.24) is 9.88 Å². The number of hydrogen-bond donors (Lipinski definition) is 1. The molecule has 0 radical (unpaired) electrons. The van der Waals surface area contributed by atoms with Crippen molar-refractivity contribution in [1.29, 1.82) is 0 Å². The molecule has 0 saturated carbocycles. The molecule has 1 N–H and O–H groups in total. The maximum Gasteiger partial charge on any atom is 0.411 e. The van der Waals surface area contributed by atoms with Gasteiger partial charge in [0.2, 0.25) is 0 Å². The number of aliphatic hydroxyl groups excluding tert-OH is 1. The maximum absolute atomic E-state index is 13.5. The second-order valence-corrected chi connectivity index (χ2v) is 8.26. The molecule has 0 aromatic carbocycles. The third-order valence-electron chi connectivity index (χ3n) is 5.30. The van der Waals surface area contributed by atoms with Gasteiger partial charge in [0, 0.05) is 17.3 Å². The van der Waals surface area contributed by atoms with Gasteiger partial charge in [-0.3, -0.25) is 9.88 Å². The fourth-order valence-corrected chi connectivity index (χ4v) is 4.20. The molecule has 1 aromatic rings. The van der Waals surface area contributed by atoms with Gasteiger partial charge in [0.1, 0.15) is 17.5 Å². The first-order valence-electron chi connectivity index (χ1n) is 8.39. The number of hydrogen-bond acceptors (Lipinski definition) is 4. The zero-order valence-corrected chi connectivity index (χ0v) is 14.7. The number of aromatic nitrogens is 1. The van der Waals surface area contributed by atoms with Crippen molar-refractivity contribution < 1.29 is 19.0 Å². The predicted molar refractivity (Wildman–Crippen MR) is 86.8 cm³/mol. The van der Waals surface area contributed by atoms with Crippen LogP contribution in [-0.2, 0) is 4.74 Å². The summed E-state index contributed by atoms with van der Waals surface area (Å²) in [6.07, 6.45) is 4.09. The summed E-state index contributed by atoms with van der Waals surface area (Å²) in [5.74, 6) is -0.495. The number of fused-ring (bicyclic) bond motifs is 2. The first-order valence-corrected chi connectivity index (χ1v) is 8.39. The predicted octanol–water partition coefficient (Wildman–Crippen LogP) is 3.58. The number of ether oxygens (including phenoxy) is 1. The number of pyridine rings is 1. The molecule has 2 bridgehead atoms. The van der Waals surface area contributed by atoms with Crippen LogP contribution >= 0.6 is 0 Å². The molecule has 5 nitrogen and oxygen atoms in total. The Bertz CT molecular complexity index is 648. The molecule has 3 rings (SSSR count). The van der Waals surface area contributed by atoms with Crippen LogP contribution in [-0.4, -0.2) is 37.8 Å². The van der Waals surface area contributed by atoms with E-state index in [1.54, 1.807) is 4.90 Å². The van der Waals surface area contributed by atoms with Gasteiger partial charge in [0.15, 0.2) is 0 Å². The van der Waals surface area contributed by atoms with Crippen molar-refractivity contribution >= 4 is 6.09 Å². The number of amides is 1. The largest absolute Gasteiger partial charge is 0.444 e. The Labute approximate surface area is 141 Å². The van der Waals surface area contributed by atoms with E-state index < -0.39 is 29.2 Å².